The molecule has 0 spiro atoms. The Labute approximate surface area is 135 Å². The molecule has 0 aromatic heterocycles. The van der Waals surface area contributed by atoms with E-state index in [4.69, 9.17) is 16.7 Å². The van der Waals surface area contributed by atoms with Crippen LogP contribution in [0.2, 0.25) is 5.02 Å². The normalized spacial score (nSPS) is 11.4. The Morgan fingerprint density at radius 3 is 2.36 bits per heavy atom. The van der Waals surface area contributed by atoms with Crippen LogP contribution in [0, 0.1) is 0 Å². The molecule has 0 aliphatic heterocycles. The van der Waals surface area contributed by atoms with E-state index in [9.17, 15) is 15.0 Å². The molecular formula is C17H21ClO4. The van der Waals surface area contributed by atoms with E-state index >= 15 is 0 Å². The predicted molar refractivity (Wildman–Crippen MR) is 87.9 cm³/mol. The van der Waals surface area contributed by atoms with E-state index in [-0.39, 0.29) is 28.3 Å². The molecule has 3 N–H and O–H groups in total. The van der Waals surface area contributed by atoms with Gasteiger partial charge in [0.1, 0.15) is 17.1 Å². The molecule has 1 aromatic carbocycles. The lowest BCUT2D eigenvalue weighted by molar-refractivity contribution is 0.0693. The number of hydrogen-bond acceptors (Lipinski definition) is 3. The van der Waals surface area contributed by atoms with Crippen molar-refractivity contribution in [3.05, 3.63) is 45.5 Å². The first-order valence-electron chi connectivity index (χ1n) is 6.99. The van der Waals surface area contributed by atoms with Crippen LogP contribution in [0.4, 0.5) is 0 Å². The number of aromatic hydroxyl groups is 2. The van der Waals surface area contributed by atoms with Crippen LogP contribution in [0.25, 0.3) is 0 Å². The molecule has 0 fully saturated rings. The van der Waals surface area contributed by atoms with Gasteiger partial charge >= 0.3 is 5.97 Å². The summed E-state index contributed by atoms with van der Waals surface area (Å²) in [5, 5.41) is 28.9. The molecule has 0 unspecified atom stereocenters. The summed E-state index contributed by atoms with van der Waals surface area (Å²) in [6.07, 6.45) is 5.99. The number of phenols is 2. The number of carboxylic acid groups (broad SMARTS) is 1. The molecule has 0 aliphatic rings. The van der Waals surface area contributed by atoms with E-state index in [2.05, 4.69) is 6.08 Å². The third-order valence-electron chi connectivity index (χ3n) is 3.30. The van der Waals surface area contributed by atoms with Crippen LogP contribution in [0.15, 0.2) is 29.4 Å². The van der Waals surface area contributed by atoms with Gasteiger partial charge in [-0.15, -0.1) is 0 Å². The third kappa shape index (κ3) is 4.81. The van der Waals surface area contributed by atoms with Crippen molar-refractivity contribution in [3.63, 3.8) is 0 Å². The second-order valence-electron chi connectivity index (χ2n) is 5.46. The molecule has 0 saturated heterocycles. The maximum absolute atomic E-state index is 11.1. The Morgan fingerprint density at radius 1 is 1.18 bits per heavy atom. The van der Waals surface area contributed by atoms with Crippen molar-refractivity contribution in [2.75, 3.05) is 0 Å². The van der Waals surface area contributed by atoms with Crippen LogP contribution in [0.1, 0.15) is 49.5 Å². The minimum Gasteiger partial charge on any atom is -0.507 e. The topological polar surface area (TPSA) is 77.8 Å². The van der Waals surface area contributed by atoms with Crippen molar-refractivity contribution in [1.29, 1.82) is 0 Å². The minimum atomic E-state index is -1.29. The van der Waals surface area contributed by atoms with Crippen molar-refractivity contribution in [3.8, 4) is 11.5 Å². The van der Waals surface area contributed by atoms with Crippen molar-refractivity contribution >= 4 is 17.6 Å². The van der Waals surface area contributed by atoms with Crippen LogP contribution in [0.5, 0.6) is 11.5 Å². The number of allylic oxidation sites excluding steroid dienone is 4. The van der Waals surface area contributed by atoms with Gasteiger partial charge in [-0.2, -0.15) is 0 Å². The molecule has 0 bridgehead atoms. The number of rotatable bonds is 6. The largest absolute Gasteiger partial charge is 0.507 e. The van der Waals surface area contributed by atoms with Gasteiger partial charge in [0.05, 0.1) is 5.02 Å². The van der Waals surface area contributed by atoms with Crippen molar-refractivity contribution in [2.24, 2.45) is 0 Å². The van der Waals surface area contributed by atoms with Gasteiger partial charge < -0.3 is 15.3 Å². The average molecular weight is 325 g/mol. The standard InChI is InChI=1S/C17H21ClO4/c1-10(2)5-4-6-11(3)7-8-12-15(19)13(17(21)22)9-14(18)16(12)20/h5,7,9,19-20H,4,6,8H2,1-3H3,(H,21,22). The van der Waals surface area contributed by atoms with E-state index in [0.717, 1.165) is 24.5 Å². The molecule has 120 valence electrons. The van der Waals surface area contributed by atoms with Crippen molar-refractivity contribution in [2.45, 2.75) is 40.0 Å². The minimum absolute atomic E-state index is 0.0826. The highest BCUT2D eigenvalue weighted by atomic mass is 35.5. The van der Waals surface area contributed by atoms with Crippen LogP contribution >= 0.6 is 11.6 Å². The maximum Gasteiger partial charge on any atom is 0.339 e. The molecule has 0 saturated carbocycles. The van der Waals surface area contributed by atoms with Crippen LogP contribution in [-0.2, 0) is 6.42 Å². The summed E-state index contributed by atoms with van der Waals surface area (Å²) >= 11 is 5.82. The fourth-order valence-electron chi connectivity index (χ4n) is 2.01. The molecule has 1 aromatic rings. The lowest BCUT2D eigenvalue weighted by atomic mass is 10.0. The highest BCUT2D eigenvalue weighted by Gasteiger charge is 2.19. The zero-order chi connectivity index (χ0) is 16.9. The zero-order valence-corrected chi connectivity index (χ0v) is 13.7. The molecule has 4 nitrogen and oxygen atoms in total. The zero-order valence-electron chi connectivity index (χ0n) is 13.0. The summed E-state index contributed by atoms with van der Waals surface area (Å²) in [6.45, 7) is 6.03. The SMILES string of the molecule is CC(C)=CCCC(C)=CCc1c(O)c(Cl)cc(C(=O)O)c1O. The Kier molecular flexibility index (Phi) is 6.50. The Hall–Kier alpha value is -1.94. The van der Waals surface area contributed by atoms with Gasteiger partial charge in [0, 0.05) is 5.56 Å². The first-order valence-corrected chi connectivity index (χ1v) is 7.37. The molecule has 0 aliphatic carbocycles. The number of aromatic carboxylic acids is 1. The summed E-state index contributed by atoms with van der Waals surface area (Å²) in [7, 11) is 0. The lowest BCUT2D eigenvalue weighted by Gasteiger charge is -2.10. The maximum atomic E-state index is 11.1. The molecule has 0 atom stereocenters. The molecule has 5 heteroatoms. The summed E-state index contributed by atoms with van der Waals surface area (Å²) < 4.78 is 0. The lowest BCUT2D eigenvalue weighted by Crippen LogP contribution is -2.00. The van der Waals surface area contributed by atoms with Crippen LogP contribution in [-0.4, -0.2) is 21.3 Å². The van der Waals surface area contributed by atoms with E-state index < -0.39 is 11.7 Å². The molecule has 0 radical (unpaired) electrons. The van der Waals surface area contributed by atoms with Gasteiger partial charge in [0.25, 0.3) is 0 Å². The summed E-state index contributed by atoms with van der Waals surface area (Å²) in [4.78, 5) is 11.1. The van der Waals surface area contributed by atoms with Gasteiger partial charge in [-0.25, -0.2) is 4.79 Å². The second kappa shape index (κ2) is 7.90. The number of hydrogen-bond donors (Lipinski definition) is 3. The Bertz CT molecular complexity index is 626. The first-order chi connectivity index (χ1) is 10.2. The van der Waals surface area contributed by atoms with Crippen LogP contribution in [0.3, 0.4) is 0 Å². The molecular weight excluding hydrogens is 304 g/mol. The molecule has 1 rings (SSSR count). The molecule has 0 amide bonds. The monoisotopic (exact) mass is 324 g/mol. The number of phenolic OH excluding ortho intramolecular Hbond substituents is 1. The van der Waals surface area contributed by atoms with Gasteiger partial charge in [0.15, 0.2) is 0 Å². The van der Waals surface area contributed by atoms with Gasteiger partial charge in [0.2, 0.25) is 0 Å². The summed E-state index contributed by atoms with van der Waals surface area (Å²) in [5.41, 5.74) is 2.16. The highest BCUT2D eigenvalue weighted by molar-refractivity contribution is 6.32. The van der Waals surface area contributed by atoms with Gasteiger partial charge in [-0.1, -0.05) is 34.9 Å². The number of carboxylic acids is 1. The Balaban J connectivity index is 2.98. The summed E-state index contributed by atoms with van der Waals surface area (Å²) in [6, 6.07) is 1.05. The first kappa shape index (κ1) is 18.1. The van der Waals surface area contributed by atoms with E-state index in [0.29, 0.717) is 0 Å². The number of carbonyl (C=O) groups is 1. The summed E-state index contributed by atoms with van der Waals surface area (Å²) in [5.74, 6) is -2.01. The van der Waals surface area contributed by atoms with E-state index in [1.54, 1.807) is 0 Å². The fraction of sp³-hybridized carbons (Fsp3) is 0.353. The van der Waals surface area contributed by atoms with Crippen LogP contribution < -0.4 is 0 Å². The Morgan fingerprint density at radius 2 is 1.82 bits per heavy atom. The smallest absolute Gasteiger partial charge is 0.339 e. The van der Waals surface area contributed by atoms with Gasteiger partial charge in [-0.05, 0) is 46.1 Å². The molecule has 0 heterocycles. The fourth-order valence-corrected chi connectivity index (χ4v) is 2.23. The van der Waals surface area contributed by atoms with Crippen molar-refractivity contribution < 1.29 is 20.1 Å². The number of halogens is 1. The molecule has 22 heavy (non-hydrogen) atoms. The third-order valence-corrected chi connectivity index (χ3v) is 3.59. The van der Waals surface area contributed by atoms with E-state index in [1.165, 1.54) is 5.57 Å². The predicted octanol–water partition coefficient (Wildman–Crippen LogP) is 4.68. The van der Waals surface area contributed by atoms with Gasteiger partial charge in [-0.3, -0.25) is 0 Å². The van der Waals surface area contributed by atoms with Crippen molar-refractivity contribution in [1.82, 2.24) is 0 Å². The van der Waals surface area contributed by atoms with E-state index in [1.807, 2.05) is 26.8 Å². The number of benzene rings is 1. The average Bonchev–Trinajstić information content (AvgIpc) is 2.42. The second-order valence-corrected chi connectivity index (χ2v) is 5.87. The quantitative estimate of drug-likeness (QED) is 0.664. The highest BCUT2D eigenvalue weighted by Crippen LogP contribution is 2.37.